The summed E-state index contributed by atoms with van der Waals surface area (Å²) in [6, 6.07) is 1.55. The smallest absolute Gasteiger partial charge is 0.313 e. The number of alkyl halides is 3. The van der Waals surface area contributed by atoms with Crippen LogP contribution in [-0.2, 0) is 16.2 Å². The fourth-order valence-electron chi connectivity index (χ4n) is 2.18. The molecule has 7 nitrogen and oxygen atoms in total. The van der Waals surface area contributed by atoms with Crippen LogP contribution < -0.4 is 10.0 Å². The predicted molar refractivity (Wildman–Crippen MR) is 78.9 cm³/mol. The van der Waals surface area contributed by atoms with Crippen molar-refractivity contribution in [2.75, 3.05) is 19.6 Å². The summed E-state index contributed by atoms with van der Waals surface area (Å²) >= 11 is 0. The Kier molecular flexibility index (Phi) is 5.26. The molecule has 0 amide bonds. The summed E-state index contributed by atoms with van der Waals surface area (Å²) in [6.45, 7) is 1.10. The van der Waals surface area contributed by atoms with Gasteiger partial charge in [0, 0.05) is 25.2 Å². The van der Waals surface area contributed by atoms with E-state index in [0.717, 1.165) is 11.6 Å². The molecule has 2 rings (SSSR count). The Morgan fingerprint density at radius 2 is 2.04 bits per heavy atom. The maximum Gasteiger partial charge on any atom is 0.417 e. The molecule has 2 N–H and O–H groups in total. The number of non-ortho nitro benzene ring substituents is 1. The minimum atomic E-state index is -5.04. The molecule has 0 radical (unpaired) electrons. The number of nitrogens with one attached hydrogen (secondary N) is 2. The highest BCUT2D eigenvalue weighted by Gasteiger charge is 2.38. The van der Waals surface area contributed by atoms with Gasteiger partial charge in [-0.1, -0.05) is 11.6 Å². The van der Waals surface area contributed by atoms with Gasteiger partial charge in [-0.3, -0.25) is 10.1 Å². The zero-order chi connectivity index (χ0) is 18.0. The molecule has 0 aliphatic carbocycles. The number of rotatable bonds is 5. The molecule has 1 aliphatic heterocycles. The van der Waals surface area contributed by atoms with Crippen molar-refractivity contribution in [3.8, 4) is 0 Å². The maximum atomic E-state index is 13.1. The van der Waals surface area contributed by atoms with Crippen LogP contribution in [0.1, 0.15) is 12.0 Å². The lowest BCUT2D eigenvalue weighted by molar-refractivity contribution is -0.385. The van der Waals surface area contributed by atoms with Gasteiger partial charge >= 0.3 is 6.18 Å². The first kappa shape index (κ1) is 18.4. The first-order valence-corrected chi connectivity index (χ1v) is 8.33. The molecule has 0 saturated carbocycles. The van der Waals surface area contributed by atoms with E-state index in [9.17, 15) is 31.7 Å². The number of halogens is 3. The zero-order valence-corrected chi connectivity index (χ0v) is 13.1. The molecule has 0 atom stereocenters. The first-order valence-electron chi connectivity index (χ1n) is 6.85. The van der Waals surface area contributed by atoms with Crippen LogP contribution in [0.5, 0.6) is 0 Å². The maximum absolute atomic E-state index is 13.1. The van der Waals surface area contributed by atoms with E-state index in [4.69, 9.17) is 0 Å². The largest absolute Gasteiger partial charge is 0.417 e. The van der Waals surface area contributed by atoms with Crippen molar-refractivity contribution in [2.45, 2.75) is 17.5 Å². The molecular formula is C13H14F3N3O4S. The van der Waals surface area contributed by atoms with Gasteiger partial charge in [0.15, 0.2) is 0 Å². The number of nitro groups is 1. The average molecular weight is 365 g/mol. The average Bonchev–Trinajstić information content (AvgIpc) is 2.52. The van der Waals surface area contributed by atoms with E-state index in [0.29, 0.717) is 25.6 Å². The number of hydrogen-bond donors (Lipinski definition) is 2. The summed E-state index contributed by atoms with van der Waals surface area (Å²) < 4.78 is 65.8. The standard InChI is InChI=1S/C13H14F3N3O4S/c14-13(15,16)11-7-10(19(20)21)1-2-12(11)24(22,23)18-8-9-3-5-17-6-4-9/h1-3,7,17-18H,4-6,8H2. The third-order valence-electron chi connectivity index (χ3n) is 3.42. The van der Waals surface area contributed by atoms with Gasteiger partial charge in [0.25, 0.3) is 5.69 Å². The van der Waals surface area contributed by atoms with Crippen molar-refractivity contribution in [1.29, 1.82) is 0 Å². The Hall–Kier alpha value is -1.98. The van der Waals surface area contributed by atoms with Gasteiger partial charge in [-0.15, -0.1) is 0 Å². The van der Waals surface area contributed by atoms with Crippen LogP contribution in [0.2, 0.25) is 0 Å². The number of hydrogen-bond acceptors (Lipinski definition) is 5. The fourth-order valence-corrected chi connectivity index (χ4v) is 3.43. The summed E-state index contributed by atoms with van der Waals surface area (Å²) in [7, 11) is -4.47. The second-order valence-electron chi connectivity index (χ2n) is 5.08. The minimum Gasteiger partial charge on any atom is -0.313 e. The van der Waals surface area contributed by atoms with Crippen LogP contribution in [0.25, 0.3) is 0 Å². The molecule has 1 aromatic rings. The van der Waals surface area contributed by atoms with Crippen LogP contribution >= 0.6 is 0 Å². The number of sulfonamides is 1. The van der Waals surface area contributed by atoms with E-state index in [1.54, 1.807) is 6.08 Å². The van der Waals surface area contributed by atoms with Crippen LogP contribution in [0.15, 0.2) is 34.7 Å². The predicted octanol–water partition coefficient (Wildman–Crippen LogP) is 1.81. The molecule has 1 heterocycles. The minimum absolute atomic E-state index is 0.113. The van der Waals surface area contributed by atoms with Crippen LogP contribution in [0.3, 0.4) is 0 Å². The Bertz CT molecular complexity index is 775. The highest BCUT2D eigenvalue weighted by molar-refractivity contribution is 7.89. The summed E-state index contributed by atoms with van der Waals surface area (Å²) in [6.07, 6.45) is -2.70. The molecule has 1 aromatic carbocycles. The Morgan fingerprint density at radius 1 is 1.33 bits per heavy atom. The molecule has 0 unspecified atom stereocenters. The quantitative estimate of drug-likeness (QED) is 0.471. The second-order valence-corrected chi connectivity index (χ2v) is 6.81. The molecule has 24 heavy (non-hydrogen) atoms. The molecule has 0 bridgehead atoms. The SMILES string of the molecule is O=[N+]([O-])c1ccc(S(=O)(=O)NCC2=CCNCC2)c(C(F)(F)F)c1. The third-order valence-corrected chi connectivity index (χ3v) is 4.88. The Labute approximate surface area is 135 Å². The number of nitrogens with zero attached hydrogens (tertiary/aromatic N) is 1. The van der Waals surface area contributed by atoms with Gasteiger partial charge in [-0.05, 0) is 19.0 Å². The monoisotopic (exact) mass is 365 g/mol. The van der Waals surface area contributed by atoms with E-state index in [1.807, 2.05) is 0 Å². The van der Waals surface area contributed by atoms with E-state index in [2.05, 4.69) is 10.0 Å². The summed E-state index contributed by atoms with van der Waals surface area (Å²) in [5, 5.41) is 13.7. The third kappa shape index (κ3) is 4.30. The first-order chi connectivity index (χ1) is 11.1. The van der Waals surface area contributed by atoms with Gasteiger partial charge in [0.05, 0.1) is 15.4 Å². The lowest BCUT2D eigenvalue weighted by atomic mass is 10.1. The fraction of sp³-hybridized carbons (Fsp3) is 0.385. The van der Waals surface area contributed by atoms with Gasteiger partial charge < -0.3 is 5.32 Å². The highest BCUT2D eigenvalue weighted by Crippen LogP contribution is 2.36. The summed E-state index contributed by atoms with van der Waals surface area (Å²) in [4.78, 5) is 8.59. The summed E-state index contributed by atoms with van der Waals surface area (Å²) in [5.74, 6) is 0. The molecular weight excluding hydrogens is 351 g/mol. The molecule has 0 aromatic heterocycles. The van der Waals surface area contributed by atoms with Crippen molar-refractivity contribution in [3.63, 3.8) is 0 Å². The van der Waals surface area contributed by atoms with Gasteiger partial charge in [0.2, 0.25) is 10.0 Å². The Balaban J connectivity index is 2.34. The topological polar surface area (TPSA) is 101 Å². The summed E-state index contributed by atoms with van der Waals surface area (Å²) in [5.41, 5.74) is -1.64. The van der Waals surface area contributed by atoms with E-state index in [1.165, 1.54) is 0 Å². The molecule has 0 spiro atoms. The van der Waals surface area contributed by atoms with Crippen LogP contribution in [-0.4, -0.2) is 33.0 Å². The molecule has 132 valence electrons. The highest BCUT2D eigenvalue weighted by atomic mass is 32.2. The lowest BCUT2D eigenvalue weighted by Crippen LogP contribution is -2.31. The van der Waals surface area contributed by atoms with Crippen molar-refractivity contribution >= 4 is 15.7 Å². The van der Waals surface area contributed by atoms with Crippen LogP contribution in [0.4, 0.5) is 18.9 Å². The zero-order valence-electron chi connectivity index (χ0n) is 12.3. The lowest BCUT2D eigenvalue weighted by Gasteiger charge is -2.16. The van der Waals surface area contributed by atoms with Crippen molar-refractivity contribution in [1.82, 2.24) is 10.0 Å². The molecule has 0 saturated heterocycles. The Morgan fingerprint density at radius 3 is 2.58 bits per heavy atom. The van der Waals surface area contributed by atoms with E-state index in [-0.39, 0.29) is 12.6 Å². The van der Waals surface area contributed by atoms with Crippen molar-refractivity contribution in [2.24, 2.45) is 0 Å². The van der Waals surface area contributed by atoms with E-state index >= 15 is 0 Å². The van der Waals surface area contributed by atoms with Crippen molar-refractivity contribution < 1.29 is 26.5 Å². The van der Waals surface area contributed by atoms with Gasteiger partial charge in [0.1, 0.15) is 0 Å². The second kappa shape index (κ2) is 6.87. The van der Waals surface area contributed by atoms with E-state index < -0.39 is 37.3 Å². The van der Waals surface area contributed by atoms with Crippen LogP contribution in [0, 0.1) is 10.1 Å². The van der Waals surface area contributed by atoms with Gasteiger partial charge in [-0.25, -0.2) is 13.1 Å². The molecule has 11 heteroatoms. The normalized spacial score (nSPS) is 15.9. The number of benzene rings is 1. The van der Waals surface area contributed by atoms with Crippen molar-refractivity contribution in [3.05, 3.63) is 45.5 Å². The molecule has 1 aliphatic rings. The molecule has 0 fully saturated rings. The van der Waals surface area contributed by atoms with Gasteiger partial charge in [-0.2, -0.15) is 13.2 Å². The number of nitro benzene ring substituents is 1.